The molecule has 1 aromatic heterocycles. The van der Waals surface area contributed by atoms with Crippen molar-refractivity contribution in [2.45, 2.75) is 18.9 Å². The van der Waals surface area contributed by atoms with Crippen LogP contribution < -0.4 is 4.74 Å². The highest BCUT2D eigenvalue weighted by molar-refractivity contribution is 5.94. The van der Waals surface area contributed by atoms with E-state index in [1.807, 2.05) is 64.3 Å². The minimum atomic E-state index is 0.0873. The van der Waals surface area contributed by atoms with Crippen molar-refractivity contribution >= 4 is 5.91 Å². The number of hydrogen-bond acceptors (Lipinski definition) is 4. The van der Waals surface area contributed by atoms with E-state index in [1.54, 1.807) is 13.3 Å². The molecule has 1 amide bonds. The summed E-state index contributed by atoms with van der Waals surface area (Å²) in [6, 6.07) is 16.0. The van der Waals surface area contributed by atoms with Gasteiger partial charge in [0.15, 0.2) is 0 Å². The van der Waals surface area contributed by atoms with Gasteiger partial charge < -0.3 is 9.64 Å². The lowest BCUT2D eigenvalue weighted by Crippen LogP contribution is -2.39. The van der Waals surface area contributed by atoms with Gasteiger partial charge in [0.1, 0.15) is 5.75 Å². The Morgan fingerprint density at radius 2 is 1.85 bits per heavy atom. The van der Waals surface area contributed by atoms with E-state index in [9.17, 15) is 4.79 Å². The van der Waals surface area contributed by atoms with E-state index in [0.29, 0.717) is 6.04 Å². The third-order valence-corrected chi connectivity index (χ3v) is 5.10. The summed E-state index contributed by atoms with van der Waals surface area (Å²) in [6.07, 6.45) is 5.38. The molecule has 2 aromatic carbocycles. The number of carbonyl (C=O) groups is 1. The molecular weight excluding hydrogens is 340 g/mol. The summed E-state index contributed by atoms with van der Waals surface area (Å²) in [5.41, 5.74) is 2.86. The Balaban J connectivity index is 1.42. The number of likely N-dealkylation sites (tertiary alicyclic amines) is 1. The molecule has 0 aliphatic carbocycles. The van der Waals surface area contributed by atoms with Gasteiger partial charge in [0.05, 0.1) is 19.3 Å². The Labute approximate surface area is 158 Å². The van der Waals surface area contributed by atoms with Crippen LogP contribution in [0.15, 0.2) is 60.9 Å². The molecule has 2 heterocycles. The van der Waals surface area contributed by atoms with Crippen molar-refractivity contribution < 1.29 is 9.53 Å². The summed E-state index contributed by atoms with van der Waals surface area (Å²) in [4.78, 5) is 14.7. The molecule has 0 unspecified atom stereocenters. The number of nitrogens with zero attached hydrogens (tertiary/aromatic N) is 4. The normalized spacial score (nSPS) is 14.9. The fraction of sp³-hybridized carbons (Fsp3) is 0.286. The molecule has 0 radical (unpaired) electrons. The van der Waals surface area contributed by atoms with Gasteiger partial charge >= 0.3 is 0 Å². The van der Waals surface area contributed by atoms with Crippen molar-refractivity contribution in [3.8, 4) is 16.9 Å². The van der Waals surface area contributed by atoms with E-state index in [2.05, 4.69) is 10.3 Å². The number of carbonyl (C=O) groups excluding carboxylic acids is 1. The summed E-state index contributed by atoms with van der Waals surface area (Å²) in [7, 11) is 1.66. The Bertz CT molecular complexity index is 898. The van der Waals surface area contributed by atoms with Crippen molar-refractivity contribution in [2.75, 3.05) is 20.2 Å². The number of rotatable bonds is 4. The average molecular weight is 362 g/mol. The first-order valence-corrected chi connectivity index (χ1v) is 9.14. The lowest BCUT2D eigenvalue weighted by Gasteiger charge is -2.31. The molecule has 1 aliphatic rings. The molecule has 6 heteroatoms. The molecule has 138 valence electrons. The third-order valence-electron chi connectivity index (χ3n) is 5.10. The van der Waals surface area contributed by atoms with Crippen LogP contribution in [-0.2, 0) is 0 Å². The maximum Gasteiger partial charge on any atom is 0.253 e. The summed E-state index contributed by atoms with van der Waals surface area (Å²) in [5.74, 6) is 0.909. The maximum atomic E-state index is 12.8. The highest BCUT2D eigenvalue weighted by atomic mass is 16.5. The van der Waals surface area contributed by atoms with Crippen LogP contribution in [0.25, 0.3) is 11.1 Å². The van der Waals surface area contributed by atoms with Gasteiger partial charge in [0, 0.05) is 24.8 Å². The minimum absolute atomic E-state index is 0.0873. The van der Waals surface area contributed by atoms with Crippen LogP contribution >= 0.6 is 0 Å². The number of piperidine rings is 1. The highest BCUT2D eigenvalue weighted by Crippen LogP contribution is 2.26. The molecule has 0 bridgehead atoms. The van der Waals surface area contributed by atoms with Gasteiger partial charge in [-0.3, -0.25) is 4.79 Å². The molecule has 27 heavy (non-hydrogen) atoms. The van der Waals surface area contributed by atoms with Crippen LogP contribution in [0.5, 0.6) is 5.75 Å². The van der Waals surface area contributed by atoms with Crippen molar-refractivity contribution in [3.63, 3.8) is 0 Å². The molecule has 1 saturated heterocycles. The first kappa shape index (κ1) is 17.3. The largest absolute Gasteiger partial charge is 0.497 e. The second kappa shape index (κ2) is 7.61. The van der Waals surface area contributed by atoms with Crippen molar-refractivity contribution in [3.05, 3.63) is 66.5 Å². The van der Waals surface area contributed by atoms with Crippen LogP contribution in [0.3, 0.4) is 0 Å². The molecule has 0 spiro atoms. The van der Waals surface area contributed by atoms with Gasteiger partial charge in [-0.1, -0.05) is 29.5 Å². The Kier molecular flexibility index (Phi) is 4.87. The van der Waals surface area contributed by atoms with Crippen LogP contribution in [0, 0.1) is 0 Å². The molecule has 1 fully saturated rings. The second-order valence-corrected chi connectivity index (χ2v) is 6.72. The fourth-order valence-electron chi connectivity index (χ4n) is 3.54. The van der Waals surface area contributed by atoms with Gasteiger partial charge in [-0.15, -0.1) is 5.10 Å². The topological polar surface area (TPSA) is 60.2 Å². The van der Waals surface area contributed by atoms with Crippen molar-refractivity contribution in [2.24, 2.45) is 0 Å². The van der Waals surface area contributed by atoms with E-state index >= 15 is 0 Å². The first-order chi connectivity index (χ1) is 13.2. The molecule has 3 aromatic rings. The number of ether oxygens (including phenoxy) is 1. The monoisotopic (exact) mass is 362 g/mol. The summed E-state index contributed by atoms with van der Waals surface area (Å²) in [5, 5.41) is 7.94. The Hall–Kier alpha value is -3.15. The summed E-state index contributed by atoms with van der Waals surface area (Å²) in [6.45, 7) is 1.47. The molecule has 0 N–H and O–H groups in total. The Morgan fingerprint density at radius 1 is 1.07 bits per heavy atom. The predicted octanol–water partition coefficient (Wildman–Crippen LogP) is 3.43. The third kappa shape index (κ3) is 3.69. The van der Waals surface area contributed by atoms with Gasteiger partial charge in [0.25, 0.3) is 5.91 Å². The zero-order valence-corrected chi connectivity index (χ0v) is 15.3. The van der Waals surface area contributed by atoms with E-state index in [-0.39, 0.29) is 5.91 Å². The average Bonchev–Trinajstić information content (AvgIpc) is 3.28. The Morgan fingerprint density at radius 3 is 2.52 bits per heavy atom. The molecule has 0 saturated carbocycles. The van der Waals surface area contributed by atoms with Crippen molar-refractivity contribution in [1.29, 1.82) is 0 Å². The fourth-order valence-corrected chi connectivity index (χ4v) is 3.54. The molecule has 6 nitrogen and oxygen atoms in total. The quantitative estimate of drug-likeness (QED) is 0.713. The SMILES string of the molecule is COc1cccc(-c2ccc(C(=O)N3CCC(n4ccnn4)CC3)cc2)c1. The smallest absolute Gasteiger partial charge is 0.253 e. The van der Waals surface area contributed by atoms with E-state index in [1.165, 1.54) is 0 Å². The maximum absolute atomic E-state index is 12.8. The number of benzene rings is 2. The number of amides is 1. The van der Waals surface area contributed by atoms with Crippen molar-refractivity contribution in [1.82, 2.24) is 19.9 Å². The number of methoxy groups -OCH3 is 1. The van der Waals surface area contributed by atoms with Gasteiger partial charge in [-0.2, -0.15) is 0 Å². The van der Waals surface area contributed by atoms with Gasteiger partial charge in [-0.05, 0) is 48.2 Å². The number of hydrogen-bond donors (Lipinski definition) is 0. The minimum Gasteiger partial charge on any atom is -0.497 e. The van der Waals surface area contributed by atoms with E-state index in [4.69, 9.17) is 4.74 Å². The van der Waals surface area contributed by atoms with Crippen LogP contribution in [0.4, 0.5) is 0 Å². The summed E-state index contributed by atoms with van der Waals surface area (Å²) >= 11 is 0. The lowest BCUT2D eigenvalue weighted by molar-refractivity contribution is 0.0689. The molecule has 1 aliphatic heterocycles. The zero-order valence-electron chi connectivity index (χ0n) is 15.3. The van der Waals surface area contributed by atoms with E-state index in [0.717, 1.165) is 48.4 Å². The second-order valence-electron chi connectivity index (χ2n) is 6.72. The van der Waals surface area contributed by atoms with Gasteiger partial charge in [-0.25, -0.2) is 4.68 Å². The summed E-state index contributed by atoms with van der Waals surface area (Å²) < 4.78 is 7.18. The molecule has 4 rings (SSSR count). The first-order valence-electron chi connectivity index (χ1n) is 9.14. The lowest BCUT2D eigenvalue weighted by atomic mass is 10.0. The molecule has 0 atom stereocenters. The van der Waals surface area contributed by atoms with Gasteiger partial charge in [0.2, 0.25) is 0 Å². The van der Waals surface area contributed by atoms with Crippen LogP contribution in [-0.4, -0.2) is 46.0 Å². The number of aromatic nitrogens is 3. The predicted molar refractivity (Wildman–Crippen MR) is 103 cm³/mol. The van der Waals surface area contributed by atoms with E-state index < -0.39 is 0 Å². The standard InChI is InChI=1S/C21H22N4O2/c1-27-20-4-2-3-18(15-20)16-5-7-17(8-6-16)21(26)24-12-9-19(10-13-24)25-14-11-22-23-25/h2-8,11,14-15,19H,9-10,12-13H2,1H3. The molecular formula is C21H22N4O2. The van der Waals surface area contributed by atoms with Crippen LogP contribution in [0.1, 0.15) is 29.2 Å². The zero-order chi connectivity index (χ0) is 18.6. The highest BCUT2D eigenvalue weighted by Gasteiger charge is 2.24. The van der Waals surface area contributed by atoms with Crippen LogP contribution in [0.2, 0.25) is 0 Å².